The highest BCUT2D eigenvalue weighted by Crippen LogP contribution is 2.22. The molecule has 0 saturated carbocycles. The van der Waals surface area contributed by atoms with Crippen LogP contribution in [0.4, 0.5) is 0 Å². The molecule has 1 atom stereocenters. The van der Waals surface area contributed by atoms with Gasteiger partial charge in [0.15, 0.2) is 0 Å². The topological polar surface area (TPSA) is 0 Å². The minimum atomic E-state index is -0.798. The molecule has 2 aromatic rings. The summed E-state index contributed by atoms with van der Waals surface area (Å²) in [6.45, 7) is 4.58. The molecule has 0 aliphatic heterocycles. The molecule has 0 fully saturated rings. The highest BCUT2D eigenvalue weighted by Gasteiger charge is 2.24. The van der Waals surface area contributed by atoms with E-state index in [-0.39, 0.29) is 0 Å². The van der Waals surface area contributed by atoms with E-state index >= 15 is 0 Å². The Morgan fingerprint density at radius 3 is 1.81 bits per heavy atom. The molecule has 0 N–H and O–H groups in total. The standard InChI is InChI=1S/C25H35Si/c1-3-5-7-8-12-18-23(17-11-6-4-2)26(24-19-13-9-14-20-24)25-21-15-10-16-22-25/h9-10,12-16,18-23H,3-8,11,17H2,1-2H3/b18-12-. The highest BCUT2D eigenvalue weighted by atomic mass is 28.3. The van der Waals surface area contributed by atoms with Gasteiger partial charge < -0.3 is 0 Å². The quantitative estimate of drug-likeness (QED) is 0.233. The van der Waals surface area contributed by atoms with Gasteiger partial charge in [0.1, 0.15) is 8.80 Å². The second kappa shape index (κ2) is 12.7. The van der Waals surface area contributed by atoms with Gasteiger partial charge in [0.05, 0.1) is 0 Å². The van der Waals surface area contributed by atoms with E-state index in [0.717, 1.165) is 0 Å². The van der Waals surface area contributed by atoms with Gasteiger partial charge in [-0.2, -0.15) is 0 Å². The van der Waals surface area contributed by atoms with Crippen LogP contribution in [0.5, 0.6) is 0 Å². The third kappa shape index (κ3) is 6.95. The molecule has 0 bridgehead atoms. The molecule has 2 aromatic carbocycles. The zero-order chi connectivity index (χ0) is 18.5. The predicted octanol–water partition coefficient (Wildman–Crippen LogP) is 6.38. The average molecular weight is 364 g/mol. The molecule has 0 aliphatic rings. The Morgan fingerprint density at radius 2 is 1.27 bits per heavy atom. The van der Waals surface area contributed by atoms with E-state index in [1.807, 2.05) is 0 Å². The molecule has 1 unspecified atom stereocenters. The maximum atomic E-state index is 2.57. The van der Waals surface area contributed by atoms with Gasteiger partial charge in [-0.15, -0.1) is 0 Å². The first-order chi connectivity index (χ1) is 12.9. The molecule has 1 radical (unpaired) electrons. The lowest BCUT2D eigenvalue weighted by Gasteiger charge is -2.24. The summed E-state index contributed by atoms with van der Waals surface area (Å²) in [7, 11) is -0.798. The lowest BCUT2D eigenvalue weighted by molar-refractivity contribution is 0.668. The van der Waals surface area contributed by atoms with Gasteiger partial charge in [-0.25, -0.2) is 0 Å². The van der Waals surface area contributed by atoms with Crippen molar-refractivity contribution in [3.63, 3.8) is 0 Å². The van der Waals surface area contributed by atoms with Crippen molar-refractivity contribution >= 4 is 19.2 Å². The molecule has 0 amide bonds. The van der Waals surface area contributed by atoms with Crippen molar-refractivity contribution in [2.45, 2.75) is 70.8 Å². The summed E-state index contributed by atoms with van der Waals surface area (Å²) in [6, 6.07) is 22.5. The van der Waals surface area contributed by atoms with E-state index < -0.39 is 8.80 Å². The molecule has 139 valence electrons. The minimum absolute atomic E-state index is 0.679. The van der Waals surface area contributed by atoms with E-state index in [1.54, 1.807) is 10.4 Å². The van der Waals surface area contributed by atoms with Crippen LogP contribution in [0.2, 0.25) is 5.54 Å². The fourth-order valence-corrected chi connectivity index (χ4v) is 6.67. The molecule has 0 aliphatic carbocycles. The molecule has 1 heteroatoms. The van der Waals surface area contributed by atoms with Gasteiger partial charge in [0.2, 0.25) is 0 Å². The predicted molar refractivity (Wildman–Crippen MR) is 119 cm³/mol. The van der Waals surface area contributed by atoms with Gasteiger partial charge in [0.25, 0.3) is 0 Å². The fourth-order valence-electron chi connectivity index (χ4n) is 3.55. The summed E-state index contributed by atoms with van der Waals surface area (Å²) in [5.41, 5.74) is 0.679. The maximum absolute atomic E-state index is 2.57. The van der Waals surface area contributed by atoms with Gasteiger partial charge in [-0.3, -0.25) is 0 Å². The van der Waals surface area contributed by atoms with Crippen LogP contribution < -0.4 is 10.4 Å². The van der Waals surface area contributed by atoms with Gasteiger partial charge in [-0.05, 0) is 24.8 Å². The second-order valence-corrected chi connectivity index (χ2v) is 9.90. The van der Waals surface area contributed by atoms with E-state index in [4.69, 9.17) is 0 Å². The Labute approximate surface area is 163 Å². The van der Waals surface area contributed by atoms with E-state index in [1.165, 1.54) is 51.4 Å². The molecule has 0 saturated heterocycles. The normalized spacial score (nSPS) is 12.7. The van der Waals surface area contributed by atoms with Crippen molar-refractivity contribution < 1.29 is 0 Å². The highest BCUT2D eigenvalue weighted by molar-refractivity contribution is 6.86. The van der Waals surface area contributed by atoms with Crippen LogP contribution in [0, 0.1) is 0 Å². The third-order valence-electron chi connectivity index (χ3n) is 5.00. The number of unbranched alkanes of at least 4 members (excludes halogenated alkanes) is 5. The summed E-state index contributed by atoms with van der Waals surface area (Å²) in [4.78, 5) is 0. The Kier molecular flexibility index (Phi) is 10.1. The zero-order valence-electron chi connectivity index (χ0n) is 16.7. The summed E-state index contributed by atoms with van der Waals surface area (Å²) in [5, 5.41) is 3.09. The third-order valence-corrected chi connectivity index (χ3v) is 8.14. The summed E-state index contributed by atoms with van der Waals surface area (Å²) in [6.07, 6.45) is 15.6. The van der Waals surface area contributed by atoms with Crippen LogP contribution in [0.3, 0.4) is 0 Å². The zero-order valence-corrected chi connectivity index (χ0v) is 17.7. The Balaban J connectivity index is 2.24. The average Bonchev–Trinajstić information content (AvgIpc) is 2.69. The van der Waals surface area contributed by atoms with Crippen LogP contribution in [-0.4, -0.2) is 8.80 Å². The Morgan fingerprint density at radius 1 is 0.731 bits per heavy atom. The van der Waals surface area contributed by atoms with Crippen LogP contribution >= 0.6 is 0 Å². The molecular weight excluding hydrogens is 328 g/mol. The summed E-state index contributed by atoms with van der Waals surface area (Å²) in [5.74, 6) is 0. The molecule has 0 spiro atoms. The van der Waals surface area contributed by atoms with Crippen LogP contribution in [0.15, 0.2) is 72.8 Å². The molecule has 2 rings (SSSR count). The van der Waals surface area contributed by atoms with Crippen molar-refractivity contribution in [3.05, 3.63) is 72.8 Å². The van der Waals surface area contributed by atoms with Crippen molar-refractivity contribution in [1.29, 1.82) is 0 Å². The van der Waals surface area contributed by atoms with Crippen molar-refractivity contribution in [2.75, 3.05) is 0 Å². The van der Waals surface area contributed by atoms with Crippen molar-refractivity contribution in [1.82, 2.24) is 0 Å². The van der Waals surface area contributed by atoms with Crippen molar-refractivity contribution in [2.24, 2.45) is 0 Å². The minimum Gasteiger partial charge on any atom is -0.0885 e. The molecule has 26 heavy (non-hydrogen) atoms. The molecular formula is C25H35Si. The molecule has 0 heterocycles. The first-order valence-corrected chi connectivity index (χ1v) is 12.1. The van der Waals surface area contributed by atoms with E-state index in [0.29, 0.717) is 5.54 Å². The lowest BCUT2D eigenvalue weighted by Crippen LogP contribution is -2.45. The second-order valence-electron chi connectivity index (χ2n) is 7.17. The van der Waals surface area contributed by atoms with Gasteiger partial charge in [0, 0.05) is 0 Å². The van der Waals surface area contributed by atoms with Crippen LogP contribution in [-0.2, 0) is 0 Å². The fraction of sp³-hybridized carbons (Fsp3) is 0.440. The first-order valence-electron chi connectivity index (χ1n) is 10.5. The number of benzene rings is 2. The van der Waals surface area contributed by atoms with Gasteiger partial charge >= 0.3 is 0 Å². The smallest absolute Gasteiger partial charge is 0.0885 e. The number of allylic oxidation sites excluding steroid dienone is 2. The number of rotatable bonds is 12. The van der Waals surface area contributed by atoms with Gasteiger partial charge in [-0.1, -0.05) is 129 Å². The number of hydrogen-bond acceptors (Lipinski definition) is 0. The monoisotopic (exact) mass is 363 g/mol. The first kappa shape index (κ1) is 20.7. The van der Waals surface area contributed by atoms with Crippen molar-refractivity contribution in [3.8, 4) is 0 Å². The Bertz CT molecular complexity index is 563. The van der Waals surface area contributed by atoms with E-state index in [2.05, 4.69) is 86.7 Å². The number of hydrogen-bond donors (Lipinski definition) is 0. The largest absolute Gasteiger partial charge is 0.128 e. The van der Waals surface area contributed by atoms with E-state index in [9.17, 15) is 0 Å². The van der Waals surface area contributed by atoms with Crippen LogP contribution in [0.1, 0.15) is 65.2 Å². The summed E-state index contributed by atoms with van der Waals surface area (Å²) < 4.78 is 0. The molecule has 0 aromatic heterocycles. The maximum Gasteiger partial charge on any atom is 0.128 e. The lowest BCUT2D eigenvalue weighted by atomic mass is 10.1. The summed E-state index contributed by atoms with van der Waals surface area (Å²) >= 11 is 0. The molecule has 0 nitrogen and oxygen atoms in total. The SMILES string of the molecule is CCCCC/C=C\C(CCCCC)[Si](c1ccccc1)c1ccccc1. The Hall–Kier alpha value is -1.60. The van der Waals surface area contributed by atoms with Crippen LogP contribution in [0.25, 0.3) is 0 Å².